The van der Waals surface area contributed by atoms with E-state index >= 15 is 0 Å². The summed E-state index contributed by atoms with van der Waals surface area (Å²) in [5.41, 5.74) is 3.28. The first-order valence-electron chi connectivity index (χ1n) is 7.91. The Morgan fingerprint density at radius 3 is 2.64 bits per heavy atom. The van der Waals surface area contributed by atoms with Gasteiger partial charge in [-0.15, -0.1) is 23.1 Å². The Bertz CT molecular complexity index is 934. The molecule has 0 radical (unpaired) electrons. The van der Waals surface area contributed by atoms with Gasteiger partial charge < -0.3 is 5.11 Å². The van der Waals surface area contributed by atoms with Crippen molar-refractivity contribution in [3.63, 3.8) is 0 Å². The third kappa shape index (κ3) is 3.38. The number of nitrogens with zero attached hydrogens (tertiary/aromatic N) is 1. The average Bonchev–Trinajstić information content (AvgIpc) is 3.09. The average molecular weight is 365 g/mol. The topological polar surface area (TPSA) is 49.7 Å². The summed E-state index contributed by atoms with van der Waals surface area (Å²) < 4.78 is 0. The lowest BCUT2D eigenvalue weighted by Crippen LogP contribution is -2.03. The number of carboxylic acid groups (broad SMARTS) is 1. The van der Waals surface area contributed by atoms with Crippen molar-refractivity contribution in [2.45, 2.75) is 16.6 Å². The van der Waals surface area contributed by atoms with Crippen LogP contribution in [0.15, 0.2) is 75.9 Å². The minimum absolute atomic E-state index is 0.249. The van der Waals surface area contributed by atoms with E-state index in [1.165, 1.54) is 5.56 Å². The summed E-state index contributed by atoms with van der Waals surface area (Å²) in [6.07, 6.45) is 0.812. The molecule has 1 aliphatic heterocycles. The van der Waals surface area contributed by atoms with Gasteiger partial charge in [-0.05, 0) is 35.2 Å². The molecule has 0 aliphatic carbocycles. The number of hydrogen-bond acceptors (Lipinski definition) is 4. The second-order valence-electron chi connectivity index (χ2n) is 5.74. The lowest BCUT2D eigenvalue weighted by Gasteiger charge is -2.15. The van der Waals surface area contributed by atoms with Crippen LogP contribution in [-0.2, 0) is 0 Å². The summed E-state index contributed by atoms with van der Waals surface area (Å²) >= 11 is 3.41. The Hall–Kier alpha value is -2.37. The summed E-state index contributed by atoms with van der Waals surface area (Å²) in [7, 11) is 0. The molecule has 4 rings (SSSR count). The van der Waals surface area contributed by atoms with Gasteiger partial charge >= 0.3 is 5.97 Å². The highest BCUT2D eigenvalue weighted by Crippen LogP contribution is 2.46. The van der Waals surface area contributed by atoms with Crippen LogP contribution in [0.4, 0.5) is 5.69 Å². The van der Waals surface area contributed by atoms with E-state index in [0.717, 1.165) is 27.6 Å². The van der Waals surface area contributed by atoms with Crippen LogP contribution in [0.25, 0.3) is 0 Å². The predicted molar refractivity (Wildman–Crippen MR) is 104 cm³/mol. The fraction of sp³-hybridized carbons (Fsp3) is 0.100. The molecule has 2 heterocycles. The molecule has 0 amide bonds. The van der Waals surface area contributed by atoms with Crippen LogP contribution >= 0.6 is 23.1 Å². The molecule has 1 aliphatic rings. The van der Waals surface area contributed by atoms with E-state index < -0.39 is 5.97 Å². The zero-order valence-electron chi connectivity index (χ0n) is 13.3. The predicted octanol–water partition coefficient (Wildman–Crippen LogP) is 5.80. The van der Waals surface area contributed by atoms with Crippen LogP contribution in [0.3, 0.4) is 0 Å². The molecule has 0 spiro atoms. The second-order valence-corrected chi connectivity index (χ2v) is 7.94. The van der Waals surface area contributed by atoms with Gasteiger partial charge in [-0.1, -0.05) is 36.4 Å². The Labute approximate surface area is 154 Å². The molecule has 0 bridgehead atoms. The third-order valence-corrected chi connectivity index (χ3v) is 6.33. The van der Waals surface area contributed by atoms with Crippen molar-refractivity contribution in [3.05, 3.63) is 82.0 Å². The molecule has 0 saturated carbocycles. The van der Waals surface area contributed by atoms with Crippen LogP contribution in [0.5, 0.6) is 0 Å². The number of carbonyl (C=O) groups is 1. The lowest BCUT2D eigenvalue weighted by atomic mass is 10.1. The molecule has 1 N–H and O–H groups in total. The molecule has 25 heavy (non-hydrogen) atoms. The number of thioether (sulfide) groups is 1. The summed E-state index contributed by atoms with van der Waals surface area (Å²) in [6.45, 7) is 0. The summed E-state index contributed by atoms with van der Waals surface area (Å²) in [5, 5.41) is 11.6. The number of rotatable bonds is 3. The number of fused-ring (bicyclic) bond motifs is 1. The van der Waals surface area contributed by atoms with E-state index in [2.05, 4.69) is 30.3 Å². The zero-order chi connectivity index (χ0) is 17.2. The van der Waals surface area contributed by atoms with Crippen LogP contribution in [0, 0.1) is 0 Å². The maximum atomic E-state index is 11.3. The molecule has 0 saturated heterocycles. The van der Waals surface area contributed by atoms with Gasteiger partial charge in [-0.25, -0.2) is 4.79 Å². The normalized spacial score (nSPS) is 16.6. The van der Waals surface area contributed by atoms with Gasteiger partial charge in [0.25, 0.3) is 0 Å². The largest absolute Gasteiger partial charge is 0.478 e. The number of hydrogen-bond donors (Lipinski definition) is 1. The van der Waals surface area contributed by atoms with Gasteiger partial charge in [-0.3, -0.25) is 4.99 Å². The molecule has 1 unspecified atom stereocenters. The van der Waals surface area contributed by atoms with E-state index in [9.17, 15) is 9.90 Å². The van der Waals surface area contributed by atoms with Crippen molar-refractivity contribution in [1.82, 2.24) is 0 Å². The molecule has 124 valence electrons. The summed E-state index contributed by atoms with van der Waals surface area (Å²) in [6, 6.07) is 19.7. The second kappa shape index (κ2) is 6.86. The molecule has 1 aromatic heterocycles. The number of aromatic carboxylic acids is 1. The minimum Gasteiger partial charge on any atom is -0.478 e. The Morgan fingerprint density at radius 1 is 1.08 bits per heavy atom. The number of carboxylic acids is 1. The van der Waals surface area contributed by atoms with Gasteiger partial charge in [0.05, 0.1) is 17.0 Å². The SMILES string of the molecule is O=C(O)c1ccc2c(c1)N=C(c1cccs1)CC(c1ccccc1)S2. The van der Waals surface area contributed by atoms with E-state index in [1.807, 2.05) is 23.6 Å². The number of aliphatic imine (C=N–C) groups is 1. The van der Waals surface area contributed by atoms with E-state index in [0.29, 0.717) is 0 Å². The highest BCUT2D eigenvalue weighted by molar-refractivity contribution is 7.99. The van der Waals surface area contributed by atoms with Gasteiger partial charge in [0, 0.05) is 21.4 Å². The molecule has 3 nitrogen and oxygen atoms in total. The maximum Gasteiger partial charge on any atom is 0.335 e. The summed E-state index contributed by atoms with van der Waals surface area (Å²) in [4.78, 5) is 18.3. The fourth-order valence-corrected chi connectivity index (χ4v) is 4.79. The van der Waals surface area contributed by atoms with Crippen molar-refractivity contribution >= 4 is 40.5 Å². The molecule has 3 aromatic rings. The lowest BCUT2D eigenvalue weighted by molar-refractivity contribution is 0.0697. The standard InChI is InChI=1S/C20H15NO2S2/c22-20(23)14-8-9-18-15(11-14)21-16(17-7-4-10-24-17)12-19(25-18)13-5-2-1-3-6-13/h1-11,19H,12H2,(H,22,23). The van der Waals surface area contributed by atoms with Gasteiger partial charge in [-0.2, -0.15) is 0 Å². The van der Waals surface area contributed by atoms with Gasteiger partial charge in [0.2, 0.25) is 0 Å². The molecular weight excluding hydrogens is 350 g/mol. The van der Waals surface area contributed by atoms with E-state index in [4.69, 9.17) is 4.99 Å². The monoisotopic (exact) mass is 365 g/mol. The number of benzene rings is 2. The highest BCUT2D eigenvalue weighted by atomic mass is 32.2. The quantitative estimate of drug-likeness (QED) is 0.638. The van der Waals surface area contributed by atoms with Gasteiger partial charge in [0.1, 0.15) is 0 Å². The van der Waals surface area contributed by atoms with Crippen molar-refractivity contribution in [3.8, 4) is 0 Å². The molecule has 1 atom stereocenters. The van der Waals surface area contributed by atoms with E-state index in [1.54, 1.807) is 35.2 Å². The number of thiophene rings is 1. The molecular formula is C20H15NO2S2. The van der Waals surface area contributed by atoms with Crippen LogP contribution < -0.4 is 0 Å². The molecule has 0 fully saturated rings. The fourth-order valence-electron chi connectivity index (χ4n) is 2.85. The van der Waals surface area contributed by atoms with Crippen molar-refractivity contribution < 1.29 is 9.90 Å². The van der Waals surface area contributed by atoms with Crippen LogP contribution in [0.2, 0.25) is 0 Å². The third-order valence-electron chi connectivity index (χ3n) is 4.09. The zero-order valence-corrected chi connectivity index (χ0v) is 14.9. The van der Waals surface area contributed by atoms with Crippen LogP contribution in [0.1, 0.15) is 32.5 Å². The van der Waals surface area contributed by atoms with Crippen molar-refractivity contribution in [2.24, 2.45) is 4.99 Å². The minimum atomic E-state index is -0.926. The first-order chi connectivity index (χ1) is 12.2. The van der Waals surface area contributed by atoms with Crippen molar-refractivity contribution in [1.29, 1.82) is 0 Å². The van der Waals surface area contributed by atoms with Crippen molar-refractivity contribution in [2.75, 3.05) is 0 Å². The Morgan fingerprint density at radius 2 is 1.92 bits per heavy atom. The first kappa shape index (κ1) is 16.1. The van der Waals surface area contributed by atoms with Crippen LogP contribution in [-0.4, -0.2) is 16.8 Å². The first-order valence-corrected chi connectivity index (χ1v) is 9.67. The van der Waals surface area contributed by atoms with E-state index in [-0.39, 0.29) is 10.8 Å². The molecule has 5 heteroatoms. The van der Waals surface area contributed by atoms with Gasteiger partial charge in [0.15, 0.2) is 0 Å². The smallest absolute Gasteiger partial charge is 0.335 e. The molecule has 2 aromatic carbocycles. The summed E-state index contributed by atoms with van der Waals surface area (Å²) in [5.74, 6) is -0.926. The maximum absolute atomic E-state index is 11.3. The highest BCUT2D eigenvalue weighted by Gasteiger charge is 2.23. The Kier molecular flexibility index (Phi) is 4.42. The Balaban J connectivity index is 1.82.